The zero-order chi connectivity index (χ0) is 9.54. The summed E-state index contributed by atoms with van der Waals surface area (Å²) in [4.78, 5) is 7.96. The van der Waals surface area contributed by atoms with Crippen LogP contribution in [-0.4, -0.2) is 17.2 Å². The molecule has 0 saturated heterocycles. The number of aliphatic imine (C=N–C) groups is 1. The van der Waals surface area contributed by atoms with Crippen molar-refractivity contribution in [2.75, 3.05) is 6.54 Å². The summed E-state index contributed by atoms with van der Waals surface area (Å²) in [6.45, 7) is 3.02. The number of para-hydroxylation sites is 1. The molecule has 2 heterocycles. The number of nitrogens with one attached hydrogen (secondary N) is 1. The monoisotopic (exact) mass is 184 g/mol. The smallest absolute Gasteiger partial charge is 0.0463 e. The van der Waals surface area contributed by atoms with Crippen LogP contribution < -0.4 is 0 Å². The predicted molar refractivity (Wildman–Crippen MR) is 59.1 cm³/mol. The minimum atomic E-state index is 0.922. The Labute approximate surface area is 82.7 Å². The molecule has 1 aromatic carbocycles. The van der Waals surface area contributed by atoms with Crippen LogP contribution in [0.1, 0.15) is 18.2 Å². The molecule has 1 aliphatic rings. The minimum Gasteiger partial charge on any atom is -0.358 e. The zero-order valence-corrected chi connectivity index (χ0v) is 8.17. The number of benzene rings is 1. The van der Waals surface area contributed by atoms with E-state index in [0.717, 1.165) is 13.0 Å². The standard InChI is InChI=1S/C12H12N2/c1-8-12-9-4-2-3-5-10(9)14-11(12)6-7-13-8/h2-5,14H,6-7H2,1H3. The number of H-pyrrole nitrogens is 1. The van der Waals surface area contributed by atoms with Gasteiger partial charge in [-0.05, 0) is 13.0 Å². The Kier molecular flexibility index (Phi) is 1.51. The van der Waals surface area contributed by atoms with Gasteiger partial charge in [0.25, 0.3) is 0 Å². The summed E-state index contributed by atoms with van der Waals surface area (Å²) in [7, 11) is 0. The maximum atomic E-state index is 4.49. The summed E-state index contributed by atoms with van der Waals surface area (Å²) in [6, 6.07) is 8.44. The molecule has 0 fully saturated rings. The maximum Gasteiger partial charge on any atom is 0.0463 e. The van der Waals surface area contributed by atoms with Crippen LogP contribution in [0.5, 0.6) is 0 Å². The molecule has 2 aromatic rings. The maximum absolute atomic E-state index is 4.49. The lowest BCUT2D eigenvalue weighted by Crippen LogP contribution is -2.08. The van der Waals surface area contributed by atoms with Gasteiger partial charge in [-0.25, -0.2) is 0 Å². The van der Waals surface area contributed by atoms with Gasteiger partial charge in [0, 0.05) is 40.8 Å². The highest BCUT2D eigenvalue weighted by atomic mass is 14.8. The second kappa shape index (κ2) is 2.71. The third-order valence-corrected chi connectivity index (χ3v) is 2.86. The second-order valence-electron chi connectivity index (χ2n) is 3.74. The third kappa shape index (κ3) is 0.939. The number of nitrogens with zero attached hydrogens (tertiary/aromatic N) is 1. The van der Waals surface area contributed by atoms with Crippen LogP contribution in [-0.2, 0) is 6.42 Å². The molecule has 1 N–H and O–H groups in total. The summed E-state index contributed by atoms with van der Waals surface area (Å²) in [6.07, 6.45) is 1.04. The van der Waals surface area contributed by atoms with Gasteiger partial charge in [-0.3, -0.25) is 4.99 Å². The molecule has 0 aliphatic carbocycles. The topological polar surface area (TPSA) is 28.1 Å². The number of fused-ring (bicyclic) bond motifs is 3. The van der Waals surface area contributed by atoms with E-state index in [1.165, 1.54) is 27.9 Å². The zero-order valence-electron chi connectivity index (χ0n) is 8.17. The van der Waals surface area contributed by atoms with Crippen LogP contribution in [0, 0.1) is 0 Å². The van der Waals surface area contributed by atoms with Crippen molar-refractivity contribution < 1.29 is 0 Å². The van der Waals surface area contributed by atoms with Gasteiger partial charge in [0.15, 0.2) is 0 Å². The highest BCUT2D eigenvalue weighted by Gasteiger charge is 2.15. The molecule has 3 rings (SSSR count). The van der Waals surface area contributed by atoms with E-state index in [-0.39, 0.29) is 0 Å². The summed E-state index contributed by atoms with van der Waals surface area (Å²) >= 11 is 0. The Balaban J connectivity index is 2.42. The fourth-order valence-electron chi connectivity index (χ4n) is 2.21. The summed E-state index contributed by atoms with van der Waals surface area (Å²) in [5.74, 6) is 0. The van der Waals surface area contributed by atoms with Crippen molar-refractivity contribution in [2.45, 2.75) is 13.3 Å². The number of aromatic amines is 1. The van der Waals surface area contributed by atoms with Gasteiger partial charge < -0.3 is 4.98 Å². The molecule has 1 aromatic heterocycles. The highest BCUT2D eigenvalue weighted by Crippen LogP contribution is 2.25. The second-order valence-corrected chi connectivity index (χ2v) is 3.74. The van der Waals surface area contributed by atoms with Gasteiger partial charge in [-0.2, -0.15) is 0 Å². The largest absolute Gasteiger partial charge is 0.358 e. The van der Waals surface area contributed by atoms with E-state index < -0.39 is 0 Å². The lowest BCUT2D eigenvalue weighted by Gasteiger charge is -2.09. The number of aromatic nitrogens is 1. The van der Waals surface area contributed by atoms with Gasteiger partial charge in [-0.15, -0.1) is 0 Å². The normalized spacial score (nSPS) is 15.4. The van der Waals surface area contributed by atoms with Crippen molar-refractivity contribution >= 4 is 16.6 Å². The van der Waals surface area contributed by atoms with E-state index in [2.05, 4.69) is 41.2 Å². The van der Waals surface area contributed by atoms with Crippen LogP contribution in [0.25, 0.3) is 10.9 Å². The van der Waals surface area contributed by atoms with Crippen molar-refractivity contribution in [2.24, 2.45) is 4.99 Å². The molecule has 1 aliphatic heterocycles. The van der Waals surface area contributed by atoms with Crippen molar-refractivity contribution in [1.82, 2.24) is 4.98 Å². The Morgan fingerprint density at radius 2 is 2.14 bits per heavy atom. The van der Waals surface area contributed by atoms with E-state index in [4.69, 9.17) is 0 Å². The molecular formula is C12H12N2. The Hall–Kier alpha value is -1.57. The van der Waals surface area contributed by atoms with Crippen LogP contribution >= 0.6 is 0 Å². The van der Waals surface area contributed by atoms with Crippen molar-refractivity contribution in [3.05, 3.63) is 35.5 Å². The first-order chi connectivity index (χ1) is 6.86. The lowest BCUT2D eigenvalue weighted by atomic mass is 10.0. The Morgan fingerprint density at radius 3 is 3.07 bits per heavy atom. The van der Waals surface area contributed by atoms with E-state index >= 15 is 0 Å². The van der Waals surface area contributed by atoms with Crippen LogP contribution in [0.4, 0.5) is 0 Å². The average molecular weight is 184 g/mol. The van der Waals surface area contributed by atoms with Gasteiger partial charge in [0.2, 0.25) is 0 Å². The fraction of sp³-hybridized carbons (Fsp3) is 0.250. The lowest BCUT2D eigenvalue weighted by molar-refractivity contribution is 0.916. The van der Waals surface area contributed by atoms with Gasteiger partial charge in [0.1, 0.15) is 0 Å². The Bertz CT molecular complexity index is 520. The molecule has 0 radical (unpaired) electrons. The molecule has 2 nitrogen and oxygen atoms in total. The summed E-state index contributed by atoms with van der Waals surface area (Å²) < 4.78 is 0. The first-order valence-corrected chi connectivity index (χ1v) is 4.97. The molecule has 70 valence electrons. The average Bonchev–Trinajstić information content (AvgIpc) is 2.57. The van der Waals surface area contributed by atoms with Crippen molar-refractivity contribution in [3.8, 4) is 0 Å². The molecule has 0 atom stereocenters. The SMILES string of the molecule is CC1=NCCc2[nH]c3ccccc3c21. The third-order valence-electron chi connectivity index (χ3n) is 2.86. The predicted octanol–water partition coefficient (Wildman–Crippen LogP) is 2.53. The highest BCUT2D eigenvalue weighted by molar-refractivity contribution is 6.11. The van der Waals surface area contributed by atoms with Crippen LogP contribution in [0.3, 0.4) is 0 Å². The summed E-state index contributed by atoms with van der Waals surface area (Å²) in [5.41, 5.74) is 5.07. The van der Waals surface area contributed by atoms with Crippen LogP contribution in [0.15, 0.2) is 29.3 Å². The quantitative estimate of drug-likeness (QED) is 0.651. The molecule has 0 unspecified atom stereocenters. The molecule has 0 bridgehead atoms. The van der Waals surface area contributed by atoms with E-state index in [9.17, 15) is 0 Å². The molecule has 14 heavy (non-hydrogen) atoms. The van der Waals surface area contributed by atoms with Gasteiger partial charge in [-0.1, -0.05) is 18.2 Å². The van der Waals surface area contributed by atoms with E-state index in [1.807, 2.05) is 0 Å². The number of hydrogen-bond donors (Lipinski definition) is 1. The van der Waals surface area contributed by atoms with Crippen LogP contribution in [0.2, 0.25) is 0 Å². The first-order valence-electron chi connectivity index (χ1n) is 4.97. The van der Waals surface area contributed by atoms with Crippen molar-refractivity contribution in [3.63, 3.8) is 0 Å². The van der Waals surface area contributed by atoms with E-state index in [0.29, 0.717) is 0 Å². The number of rotatable bonds is 0. The summed E-state index contributed by atoms with van der Waals surface area (Å²) in [5, 5.41) is 1.31. The first kappa shape index (κ1) is 7.80. The van der Waals surface area contributed by atoms with Gasteiger partial charge in [0.05, 0.1) is 0 Å². The van der Waals surface area contributed by atoms with E-state index in [1.54, 1.807) is 0 Å². The molecule has 2 heteroatoms. The Morgan fingerprint density at radius 1 is 1.29 bits per heavy atom. The van der Waals surface area contributed by atoms with Gasteiger partial charge >= 0.3 is 0 Å². The molecule has 0 spiro atoms. The molecular weight excluding hydrogens is 172 g/mol. The van der Waals surface area contributed by atoms with Crippen molar-refractivity contribution in [1.29, 1.82) is 0 Å². The number of hydrogen-bond acceptors (Lipinski definition) is 1. The molecule has 0 saturated carbocycles. The minimum absolute atomic E-state index is 0.922. The molecule has 0 amide bonds. The fourth-order valence-corrected chi connectivity index (χ4v) is 2.21.